The van der Waals surface area contributed by atoms with Crippen LogP contribution in [0.25, 0.3) is 0 Å². The summed E-state index contributed by atoms with van der Waals surface area (Å²) < 4.78 is 31.9. The van der Waals surface area contributed by atoms with Gasteiger partial charge in [-0.3, -0.25) is 9.59 Å². The molecule has 0 bridgehead atoms. The molecular weight excluding hydrogens is 453 g/mol. The van der Waals surface area contributed by atoms with E-state index in [2.05, 4.69) is 10.0 Å². The van der Waals surface area contributed by atoms with Gasteiger partial charge in [0.15, 0.2) is 6.10 Å². The van der Waals surface area contributed by atoms with Crippen LogP contribution in [0, 0.1) is 11.3 Å². The molecule has 0 spiro atoms. The predicted molar refractivity (Wildman–Crippen MR) is 112 cm³/mol. The minimum absolute atomic E-state index is 0.0525. The Hall–Kier alpha value is -2.64. The van der Waals surface area contributed by atoms with Gasteiger partial charge in [-0.25, -0.2) is 13.1 Å². The molecule has 0 aliphatic heterocycles. The van der Waals surface area contributed by atoms with Gasteiger partial charge in [0.05, 0.1) is 28.1 Å². The number of carbonyl (C=O) groups excluding carboxylic acids is 2. The summed E-state index contributed by atoms with van der Waals surface area (Å²) in [5, 5.41) is 11.3. The van der Waals surface area contributed by atoms with Gasteiger partial charge in [0.25, 0.3) is 5.91 Å². The molecule has 0 saturated heterocycles. The van der Waals surface area contributed by atoms with Gasteiger partial charge in [0.1, 0.15) is 4.90 Å². The second kappa shape index (κ2) is 10.4. The Kier molecular flexibility index (Phi) is 8.20. The first-order valence-electron chi connectivity index (χ1n) is 8.58. The monoisotopic (exact) mass is 469 g/mol. The number of anilines is 1. The van der Waals surface area contributed by atoms with E-state index in [4.69, 9.17) is 33.2 Å². The van der Waals surface area contributed by atoms with Gasteiger partial charge in [-0.05, 0) is 37.3 Å². The van der Waals surface area contributed by atoms with E-state index >= 15 is 0 Å². The average molecular weight is 470 g/mol. The van der Waals surface area contributed by atoms with E-state index in [9.17, 15) is 18.0 Å². The molecule has 2 rings (SSSR count). The number of sulfonamides is 1. The van der Waals surface area contributed by atoms with Crippen molar-refractivity contribution in [1.82, 2.24) is 4.72 Å². The number of halogens is 2. The Balaban J connectivity index is 1.86. The van der Waals surface area contributed by atoms with Crippen LogP contribution in [0.5, 0.6) is 0 Å². The molecule has 8 nitrogen and oxygen atoms in total. The van der Waals surface area contributed by atoms with Gasteiger partial charge in [0.2, 0.25) is 10.0 Å². The minimum atomic E-state index is -4.04. The first-order chi connectivity index (χ1) is 14.1. The Morgan fingerprint density at radius 1 is 1.17 bits per heavy atom. The lowest BCUT2D eigenvalue weighted by Crippen LogP contribution is -2.32. The number of benzene rings is 2. The van der Waals surface area contributed by atoms with Crippen LogP contribution >= 0.6 is 23.2 Å². The van der Waals surface area contributed by atoms with E-state index < -0.39 is 28.0 Å². The SMILES string of the molecule is CC(OC(=O)CCNS(=O)(=O)c1c(Cl)cccc1Cl)C(=O)Nc1cccc(C#N)c1. The third-order valence-corrected chi connectivity index (χ3v) is 6.16. The molecule has 0 saturated carbocycles. The highest BCUT2D eigenvalue weighted by atomic mass is 35.5. The average Bonchev–Trinajstić information content (AvgIpc) is 2.67. The molecule has 2 aromatic carbocycles. The van der Waals surface area contributed by atoms with Crippen molar-refractivity contribution < 1.29 is 22.7 Å². The third kappa shape index (κ3) is 6.43. The molecule has 0 radical (unpaired) electrons. The van der Waals surface area contributed by atoms with Crippen LogP contribution in [-0.2, 0) is 24.3 Å². The van der Waals surface area contributed by atoms with E-state index in [1.165, 1.54) is 31.2 Å². The van der Waals surface area contributed by atoms with Crippen molar-refractivity contribution >= 4 is 50.8 Å². The number of carbonyl (C=O) groups is 2. The maximum atomic E-state index is 12.3. The molecule has 30 heavy (non-hydrogen) atoms. The van der Waals surface area contributed by atoms with Crippen LogP contribution in [-0.4, -0.2) is 32.9 Å². The van der Waals surface area contributed by atoms with E-state index in [1.807, 2.05) is 6.07 Å². The standard InChI is InChI=1S/C19H17Cl2N3O5S/c1-12(19(26)24-14-5-2-4-13(10-14)11-22)29-17(25)8-9-23-30(27,28)18-15(20)6-3-7-16(18)21/h2-7,10,12,23H,8-9H2,1H3,(H,24,26). The zero-order chi connectivity index (χ0) is 22.3. The number of hydrogen-bond acceptors (Lipinski definition) is 6. The van der Waals surface area contributed by atoms with Crippen LogP contribution in [0.2, 0.25) is 10.0 Å². The number of esters is 1. The van der Waals surface area contributed by atoms with E-state index in [0.29, 0.717) is 11.3 Å². The number of nitriles is 1. The molecular formula is C19H17Cl2N3O5S. The fourth-order valence-electron chi connectivity index (χ4n) is 2.32. The summed E-state index contributed by atoms with van der Waals surface area (Å²) in [5.74, 6) is -1.38. The molecule has 0 fully saturated rings. The molecule has 0 aliphatic rings. The summed E-state index contributed by atoms with van der Waals surface area (Å²) >= 11 is 11.8. The summed E-state index contributed by atoms with van der Waals surface area (Å²) in [4.78, 5) is 23.8. The highest BCUT2D eigenvalue weighted by Crippen LogP contribution is 2.28. The van der Waals surface area contributed by atoms with Crippen molar-refractivity contribution in [3.63, 3.8) is 0 Å². The largest absolute Gasteiger partial charge is 0.452 e. The van der Waals surface area contributed by atoms with Crippen molar-refractivity contribution in [2.24, 2.45) is 0 Å². The van der Waals surface area contributed by atoms with Gasteiger partial charge < -0.3 is 10.1 Å². The summed E-state index contributed by atoms with van der Waals surface area (Å²) in [7, 11) is -4.04. The van der Waals surface area contributed by atoms with Gasteiger partial charge in [-0.1, -0.05) is 35.3 Å². The van der Waals surface area contributed by atoms with Crippen LogP contribution < -0.4 is 10.0 Å². The lowest BCUT2D eigenvalue weighted by Gasteiger charge is -2.14. The molecule has 1 unspecified atom stereocenters. The van der Waals surface area contributed by atoms with Crippen LogP contribution in [0.3, 0.4) is 0 Å². The number of ether oxygens (including phenoxy) is 1. The summed E-state index contributed by atoms with van der Waals surface area (Å²) in [6, 6.07) is 12.4. The smallest absolute Gasteiger partial charge is 0.307 e. The molecule has 2 N–H and O–H groups in total. The Morgan fingerprint density at radius 2 is 1.80 bits per heavy atom. The highest BCUT2D eigenvalue weighted by Gasteiger charge is 2.22. The Bertz CT molecular complexity index is 1080. The van der Waals surface area contributed by atoms with Crippen molar-refractivity contribution in [3.8, 4) is 6.07 Å². The Morgan fingerprint density at radius 3 is 2.43 bits per heavy atom. The van der Waals surface area contributed by atoms with Gasteiger partial charge >= 0.3 is 5.97 Å². The van der Waals surface area contributed by atoms with Crippen LogP contribution in [0.15, 0.2) is 47.4 Å². The van der Waals surface area contributed by atoms with E-state index in [1.54, 1.807) is 18.2 Å². The minimum Gasteiger partial charge on any atom is -0.452 e. The van der Waals surface area contributed by atoms with Gasteiger partial charge in [0, 0.05) is 12.2 Å². The molecule has 0 aromatic heterocycles. The number of hydrogen-bond donors (Lipinski definition) is 2. The summed E-state index contributed by atoms with van der Waals surface area (Å²) in [6.45, 7) is 1.09. The van der Waals surface area contributed by atoms with Crippen LogP contribution in [0.1, 0.15) is 18.9 Å². The molecule has 11 heteroatoms. The molecule has 2 aromatic rings. The van der Waals surface area contributed by atoms with Gasteiger partial charge in [-0.15, -0.1) is 0 Å². The summed E-state index contributed by atoms with van der Waals surface area (Å²) in [5.41, 5.74) is 0.745. The molecule has 0 aliphatic carbocycles. The highest BCUT2D eigenvalue weighted by molar-refractivity contribution is 7.89. The fourth-order valence-corrected chi connectivity index (χ4v) is 4.49. The topological polar surface area (TPSA) is 125 Å². The summed E-state index contributed by atoms with van der Waals surface area (Å²) in [6.07, 6.45) is -1.44. The molecule has 0 heterocycles. The van der Waals surface area contributed by atoms with Crippen molar-refractivity contribution in [2.75, 3.05) is 11.9 Å². The van der Waals surface area contributed by atoms with Crippen molar-refractivity contribution in [3.05, 3.63) is 58.1 Å². The lowest BCUT2D eigenvalue weighted by atomic mass is 10.2. The number of nitrogens with one attached hydrogen (secondary N) is 2. The predicted octanol–water partition coefficient (Wildman–Crippen LogP) is 3.10. The van der Waals surface area contributed by atoms with Crippen LogP contribution in [0.4, 0.5) is 5.69 Å². The fraction of sp³-hybridized carbons (Fsp3) is 0.211. The molecule has 1 amide bonds. The van der Waals surface area contributed by atoms with Crippen molar-refractivity contribution in [1.29, 1.82) is 5.26 Å². The quantitative estimate of drug-likeness (QED) is 0.572. The normalized spacial score (nSPS) is 11.9. The van der Waals surface area contributed by atoms with E-state index in [-0.39, 0.29) is 27.9 Å². The zero-order valence-electron chi connectivity index (χ0n) is 15.7. The maximum Gasteiger partial charge on any atom is 0.307 e. The first kappa shape index (κ1) is 23.6. The molecule has 158 valence electrons. The first-order valence-corrected chi connectivity index (χ1v) is 10.8. The van der Waals surface area contributed by atoms with Gasteiger partial charge in [-0.2, -0.15) is 5.26 Å². The number of nitrogens with zero attached hydrogens (tertiary/aromatic N) is 1. The zero-order valence-corrected chi connectivity index (χ0v) is 18.0. The third-order valence-electron chi connectivity index (χ3n) is 3.75. The number of amides is 1. The lowest BCUT2D eigenvalue weighted by molar-refractivity contribution is -0.152. The Labute approximate surface area is 183 Å². The van der Waals surface area contributed by atoms with E-state index in [0.717, 1.165) is 0 Å². The molecule has 1 atom stereocenters. The van der Waals surface area contributed by atoms with Crippen molar-refractivity contribution in [2.45, 2.75) is 24.3 Å². The second-order valence-corrected chi connectivity index (χ2v) is 8.53. The number of rotatable bonds is 8. The second-order valence-electron chi connectivity index (χ2n) is 6.01. The maximum absolute atomic E-state index is 12.3.